The zero-order chi connectivity index (χ0) is 16.1. The quantitative estimate of drug-likeness (QED) is 0.786. The van der Waals surface area contributed by atoms with Crippen molar-refractivity contribution in [3.05, 3.63) is 44.3 Å². The minimum atomic E-state index is -0.584. The second kappa shape index (κ2) is 7.19. The first kappa shape index (κ1) is 16.2. The van der Waals surface area contributed by atoms with Crippen LogP contribution in [0.25, 0.3) is 0 Å². The Balaban J connectivity index is 2.13. The highest BCUT2D eigenvalue weighted by Crippen LogP contribution is 2.24. The van der Waals surface area contributed by atoms with Gasteiger partial charge in [-0.25, -0.2) is 0 Å². The summed E-state index contributed by atoms with van der Waals surface area (Å²) in [4.78, 5) is 36.0. The van der Waals surface area contributed by atoms with E-state index in [0.717, 1.165) is 16.2 Å². The maximum absolute atomic E-state index is 12.3. The predicted molar refractivity (Wildman–Crippen MR) is 84.0 cm³/mol. The van der Waals surface area contributed by atoms with Crippen molar-refractivity contribution in [2.75, 3.05) is 7.11 Å². The van der Waals surface area contributed by atoms with Crippen LogP contribution in [0.2, 0.25) is 0 Å². The Morgan fingerprint density at radius 1 is 1.36 bits per heavy atom. The third-order valence-electron chi connectivity index (χ3n) is 2.90. The molecule has 0 bridgehead atoms. The number of thiophene rings is 2. The summed E-state index contributed by atoms with van der Waals surface area (Å²) in [6.45, 7) is 0. The van der Waals surface area contributed by atoms with E-state index in [9.17, 15) is 14.4 Å². The molecule has 2 heterocycles. The van der Waals surface area contributed by atoms with Gasteiger partial charge in [0.1, 0.15) is 0 Å². The molecule has 0 radical (unpaired) electrons. The van der Waals surface area contributed by atoms with Crippen molar-refractivity contribution in [3.63, 3.8) is 0 Å². The molecule has 2 amide bonds. The van der Waals surface area contributed by atoms with Crippen LogP contribution in [-0.2, 0) is 9.53 Å². The molecule has 2 aromatic heterocycles. The van der Waals surface area contributed by atoms with Gasteiger partial charge >= 0.3 is 5.97 Å². The van der Waals surface area contributed by atoms with Crippen molar-refractivity contribution in [2.24, 2.45) is 5.73 Å². The molecule has 2 rings (SSSR count). The Bertz CT molecular complexity index is 679. The summed E-state index contributed by atoms with van der Waals surface area (Å²) in [6, 6.07) is 4.64. The third-order valence-corrected chi connectivity index (χ3v) is 4.81. The first-order valence-corrected chi connectivity index (χ1v) is 8.06. The van der Waals surface area contributed by atoms with E-state index >= 15 is 0 Å². The summed E-state index contributed by atoms with van der Waals surface area (Å²) in [5, 5.41) is 6.17. The smallest absolute Gasteiger partial charge is 0.307 e. The lowest BCUT2D eigenvalue weighted by Gasteiger charge is -2.15. The zero-order valence-corrected chi connectivity index (χ0v) is 13.3. The summed E-state index contributed by atoms with van der Waals surface area (Å²) in [5.74, 6) is -1.36. The summed E-state index contributed by atoms with van der Waals surface area (Å²) in [6.07, 6.45) is 0.0385. The molecular formula is C14H14N2O4S2. The van der Waals surface area contributed by atoms with Crippen LogP contribution in [0.3, 0.4) is 0 Å². The Morgan fingerprint density at radius 2 is 2.14 bits per heavy atom. The SMILES string of the molecule is COC(=O)CC(NC(=O)c1cc(C(N)=O)cs1)c1cccs1. The molecule has 1 unspecified atom stereocenters. The first-order valence-electron chi connectivity index (χ1n) is 6.30. The third kappa shape index (κ3) is 3.92. The Kier molecular flexibility index (Phi) is 5.29. The van der Waals surface area contributed by atoms with Crippen molar-refractivity contribution in [1.82, 2.24) is 5.32 Å². The van der Waals surface area contributed by atoms with E-state index in [1.807, 2.05) is 17.5 Å². The van der Waals surface area contributed by atoms with Gasteiger partial charge in [0.05, 0.1) is 30.0 Å². The lowest BCUT2D eigenvalue weighted by Crippen LogP contribution is -2.29. The van der Waals surface area contributed by atoms with Gasteiger partial charge < -0.3 is 15.8 Å². The number of nitrogens with two attached hydrogens (primary N) is 1. The number of esters is 1. The summed E-state index contributed by atoms with van der Waals surface area (Å²) in [7, 11) is 1.30. The van der Waals surface area contributed by atoms with E-state index in [1.165, 1.54) is 29.9 Å². The van der Waals surface area contributed by atoms with Gasteiger partial charge in [-0.2, -0.15) is 0 Å². The maximum atomic E-state index is 12.3. The summed E-state index contributed by atoms with van der Waals surface area (Å²) in [5.41, 5.74) is 5.45. The highest BCUT2D eigenvalue weighted by molar-refractivity contribution is 7.12. The van der Waals surface area contributed by atoms with Crippen LogP contribution in [0, 0.1) is 0 Å². The van der Waals surface area contributed by atoms with E-state index in [2.05, 4.69) is 10.1 Å². The van der Waals surface area contributed by atoms with Gasteiger partial charge in [0.25, 0.3) is 5.91 Å². The fourth-order valence-electron chi connectivity index (χ4n) is 1.78. The zero-order valence-electron chi connectivity index (χ0n) is 11.7. The molecule has 6 nitrogen and oxygen atoms in total. The number of rotatable bonds is 6. The van der Waals surface area contributed by atoms with E-state index in [-0.39, 0.29) is 17.9 Å². The second-order valence-corrected chi connectivity index (χ2v) is 6.28. The molecule has 1 atom stereocenters. The monoisotopic (exact) mass is 338 g/mol. The van der Waals surface area contributed by atoms with E-state index in [0.29, 0.717) is 4.88 Å². The highest BCUT2D eigenvalue weighted by Gasteiger charge is 2.21. The molecule has 0 aliphatic rings. The molecule has 0 fully saturated rings. The largest absolute Gasteiger partial charge is 0.469 e. The molecule has 22 heavy (non-hydrogen) atoms. The molecule has 0 saturated carbocycles. The van der Waals surface area contributed by atoms with Gasteiger partial charge in [-0.15, -0.1) is 22.7 Å². The Morgan fingerprint density at radius 3 is 2.68 bits per heavy atom. The van der Waals surface area contributed by atoms with Crippen LogP contribution >= 0.6 is 22.7 Å². The number of methoxy groups -OCH3 is 1. The average molecular weight is 338 g/mol. The lowest BCUT2D eigenvalue weighted by molar-refractivity contribution is -0.141. The molecule has 0 aliphatic heterocycles. The minimum absolute atomic E-state index is 0.0385. The number of hydrogen-bond acceptors (Lipinski definition) is 6. The van der Waals surface area contributed by atoms with Crippen molar-refractivity contribution in [2.45, 2.75) is 12.5 Å². The number of ether oxygens (including phenoxy) is 1. The normalized spacial score (nSPS) is 11.7. The van der Waals surface area contributed by atoms with Crippen LogP contribution < -0.4 is 11.1 Å². The maximum Gasteiger partial charge on any atom is 0.307 e. The minimum Gasteiger partial charge on any atom is -0.469 e. The number of hydrogen-bond donors (Lipinski definition) is 2. The van der Waals surface area contributed by atoms with Gasteiger partial charge in [0, 0.05) is 10.3 Å². The molecule has 8 heteroatoms. The predicted octanol–water partition coefficient (Wildman–Crippen LogP) is 1.94. The van der Waals surface area contributed by atoms with E-state index in [4.69, 9.17) is 5.73 Å². The van der Waals surface area contributed by atoms with Crippen LogP contribution in [0.1, 0.15) is 37.4 Å². The number of primary amides is 1. The van der Waals surface area contributed by atoms with Gasteiger partial charge in [-0.3, -0.25) is 14.4 Å². The Hall–Kier alpha value is -2.19. The number of nitrogens with one attached hydrogen (secondary N) is 1. The topological polar surface area (TPSA) is 98.5 Å². The van der Waals surface area contributed by atoms with Gasteiger partial charge in [-0.1, -0.05) is 6.07 Å². The van der Waals surface area contributed by atoms with E-state index < -0.39 is 17.9 Å². The van der Waals surface area contributed by atoms with Crippen molar-refractivity contribution >= 4 is 40.5 Å². The number of carbonyl (C=O) groups excluding carboxylic acids is 3. The van der Waals surface area contributed by atoms with Crippen molar-refractivity contribution in [3.8, 4) is 0 Å². The van der Waals surface area contributed by atoms with E-state index in [1.54, 1.807) is 0 Å². The molecule has 0 aromatic carbocycles. The summed E-state index contributed by atoms with van der Waals surface area (Å²) >= 11 is 2.56. The number of carbonyl (C=O) groups is 3. The molecule has 0 spiro atoms. The highest BCUT2D eigenvalue weighted by atomic mass is 32.1. The molecular weight excluding hydrogens is 324 g/mol. The lowest BCUT2D eigenvalue weighted by atomic mass is 10.1. The van der Waals surface area contributed by atoms with Crippen LogP contribution in [0.5, 0.6) is 0 Å². The van der Waals surface area contributed by atoms with Crippen molar-refractivity contribution < 1.29 is 19.1 Å². The molecule has 3 N–H and O–H groups in total. The number of amides is 2. The molecule has 0 aliphatic carbocycles. The van der Waals surface area contributed by atoms with Crippen molar-refractivity contribution in [1.29, 1.82) is 0 Å². The Labute approximate surface area is 134 Å². The molecule has 0 saturated heterocycles. The van der Waals surface area contributed by atoms with Crippen LogP contribution in [-0.4, -0.2) is 24.9 Å². The average Bonchev–Trinajstić information content (AvgIpc) is 3.17. The van der Waals surface area contributed by atoms with Gasteiger partial charge in [-0.05, 0) is 17.5 Å². The fraction of sp³-hybridized carbons (Fsp3) is 0.214. The first-order chi connectivity index (χ1) is 10.5. The molecule has 116 valence electrons. The molecule has 2 aromatic rings. The summed E-state index contributed by atoms with van der Waals surface area (Å²) < 4.78 is 4.66. The van der Waals surface area contributed by atoms with Crippen LogP contribution in [0.15, 0.2) is 29.0 Å². The second-order valence-electron chi connectivity index (χ2n) is 4.39. The van der Waals surface area contributed by atoms with Crippen LogP contribution in [0.4, 0.5) is 0 Å². The van der Waals surface area contributed by atoms with Gasteiger partial charge in [0.15, 0.2) is 0 Å². The fourth-order valence-corrected chi connectivity index (χ4v) is 3.35. The van der Waals surface area contributed by atoms with Gasteiger partial charge in [0.2, 0.25) is 5.91 Å². The standard InChI is InChI=1S/C14H14N2O4S2/c1-20-12(17)6-9(10-3-2-4-21-10)16-14(19)11-5-8(7-22-11)13(15)18/h2-5,7,9H,6H2,1H3,(H2,15,18)(H,16,19).